The molecule has 5 aromatic rings. The Morgan fingerprint density at radius 2 is 1.94 bits per heavy atom. The van der Waals surface area contributed by atoms with Gasteiger partial charge in [0, 0.05) is 35.6 Å². The number of nitrogens with zero attached hydrogens (tertiary/aromatic N) is 4. The number of aryl methyl sites for hydroxylation is 3. The van der Waals surface area contributed by atoms with Crippen molar-refractivity contribution < 1.29 is 18.8 Å². The molecule has 9 heteroatoms. The summed E-state index contributed by atoms with van der Waals surface area (Å²) in [4.78, 5) is 28.1. The van der Waals surface area contributed by atoms with Crippen LogP contribution in [0.2, 0.25) is 0 Å². The van der Waals surface area contributed by atoms with Gasteiger partial charge in [0.15, 0.2) is 11.5 Å². The maximum absolute atomic E-state index is 13.7. The zero-order valence-corrected chi connectivity index (χ0v) is 21.2. The molecule has 0 radical (unpaired) electrons. The van der Waals surface area contributed by atoms with Gasteiger partial charge in [0.25, 0.3) is 11.6 Å². The van der Waals surface area contributed by atoms with Crippen molar-refractivity contribution in [2.75, 3.05) is 14.2 Å². The highest BCUT2D eigenvalue weighted by atomic mass is 32.1. The molecule has 0 saturated carbocycles. The van der Waals surface area contributed by atoms with Crippen LogP contribution >= 0.6 is 11.3 Å². The summed E-state index contributed by atoms with van der Waals surface area (Å²) in [6.07, 6.45) is 4.18. The molecule has 0 saturated heterocycles. The van der Waals surface area contributed by atoms with Gasteiger partial charge in [0.05, 0.1) is 30.2 Å². The van der Waals surface area contributed by atoms with Crippen LogP contribution in [0, 0.1) is 13.8 Å². The Bertz CT molecular complexity index is 1560. The third-order valence-corrected chi connectivity index (χ3v) is 6.80. The van der Waals surface area contributed by atoms with E-state index in [0.29, 0.717) is 46.1 Å². The lowest BCUT2D eigenvalue weighted by Gasteiger charge is -2.12. The topological polar surface area (TPSA) is 100 Å². The van der Waals surface area contributed by atoms with E-state index < -0.39 is 0 Å². The van der Waals surface area contributed by atoms with Crippen molar-refractivity contribution in [1.29, 1.82) is 0 Å². The largest absolute Gasteiger partial charge is 0.491 e. The zero-order chi connectivity index (χ0) is 25.2. The average Bonchev–Trinajstić information content (AvgIpc) is 3.57. The van der Waals surface area contributed by atoms with E-state index in [1.807, 2.05) is 49.6 Å². The van der Waals surface area contributed by atoms with Gasteiger partial charge in [-0.1, -0.05) is 11.2 Å². The van der Waals surface area contributed by atoms with Crippen LogP contribution in [0.3, 0.4) is 0 Å². The van der Waals surface area contributed by atoms with Crippen LogP contribution in [-0.4, -0.2) is 40.1 Å². The molecule has 182 valence electrons. The Morgan fingerprint density at radius 3 is 2.67 bits per heavy atom. The molecular formula is C27H24N4O4S. The van der Waals surface area contributed by atoms with Gasteiger partial charge in [-0.05, 0) is 61.0 Å². The van der Waals surface area contributed by atoms with Gasteiger partial charge in [-0.25, -0.2) is 9.97 Å². The number of fused-ring (bicyclic) bond motifs is 1. The highest BCUT2D eigenvalue weighted by Crippen LogP contribution is 2.35. The minimum atomic E-state index is -0.0544. The molecule has 0 fully saturated rings. The molecule has 0 spiro atoms. The number of hydrogen-bond donors (Lipinski definition) is 0. The molecule has 0 bridgehead atoms. The predicted molar refractivity (Wildman–Crippen MR) is 138 cm³/mol. The Labute approximate surface area is 211 Å². The van der Waals surface area contributed by atoms with Crippen molar-refractivity contribution in [2.24, 2.45) is 0 Å². The number of methoxy groups -OCH3 is 2. The number of Topliss-reactive ketones (excluding diaryl/α,β-unsaturated/α-hetero) is 1. The molecule has 0 aliphatic carbocycles. The Hall–Kier alpha value is -4.11. The van der Waals surface area contributed by atoms with Crippen molar-refractivity contribution in [3.63, 3.8) is 0 Å². The van der Waals surface area contributed by atoms with Crippen LogP contribution in [0.1, 0.15) is 33.6 Å². The molecule has 0 unspecified atom stereocenters. The first kappa shape index (κ1) is 23.6. The van der Waals surface area contributed by atoms with E-state index in [1.54, 1.807) is 26.6 Å². The number of aromatic nitrogens is 4. The summed E-state index contributed by atoms with van der Waals surface area (Å²) >= 11 is 1.53. The van der Waals surface area contributed by atoms with Gasteiger partial charge in [-0.3, -0.25) is 9.78 Å². The van der Waals surface area contributed by atoms with Crippen LogP contribution in [0.15, 0.2) is 52.6 Å². The SMILES string of the molecule is COc1cc(C)c(CCC(=O)c2cc(-c3cncc(C)c3)nc3onc(-c4cccs4)c23)nc1OC. The molecule has 0 N–H and O–H groups in total. The smallest absolute Gasteiger partial charge is 0.259 e. The van der Waals surface area contributed by atoms with E-state index in [1.165, 1.54) is 11.3 Å². The standard InChI is InChI=1S/C27H24N4O4S/c1-15-10-17(14-28-13-15)20-12-18(24-25(23-6-5-9-36-23)31-35-27(24)30-20)21(32)8-7-19-16(2)11-22(33-3)26(29-19)34-4/h5-6,9-14H,7-8H2,1-4H3. The minimum Gasteiger partial charge on any atom is -0.491 e. The second-order valence-corrected chi connectivity index (χ2v) is 9.33. The van der Waals surface area contributed by atoms with Crippen molar-refractivity contribution in [1.82, 2.24) is 20.1 Å². The molecule has 0 amide bonds. The molecule has 5 aromatic heterocycles. The summed E-state index contributed by atoms with van der Waals surface area (Å²) in [7, 11) is 3.12. The fourth-order valence-corrected chi connectivity index (χ4v) is 4.83. The highest BCUT2D eigenvalue weighted by Gasteiger charge is 2.23. The van der Waals surface area contributed by atoms with Crippen molar-refractivity contribution >= 4 is 28.2 Å². The first-order valence-corrected chi connectivity index (χ1v) is 12.2. The fraction of sp³-hybridized carbons (Fsp3) is 0.222. The molecular weight excluding hydrogens is 476 g/mol. The van der Waals surface area contributed by atoms with E-state index in [-0.39, 0.29) is 12.2 Å². The summed E-state index contributed by atoms with van der Waals surface area (Å²) in [5.74, 6) is 0.897. The maximum atomic E-state index is 13.7. The summed E-state index contributed by atoms with van der Waals surface area (Å²) in [6, 6.07) is 9.54. The Balaban J connectivity index is 1.56. The zero-order valence-electron chi connectivity index (χ0n) is 20.4. The Morgan fingerprint density at radius 1 is 1.08 bits per heavy atom. The number of thiophene rings is 1. The van der Waals surface area contributed by atoms with Crippen LogP contribution in [0.4, 0.5) is 0 Å². The third kappa shape index (κ3) is 4.45. The summed E-state index contributed by atoms with van der Waals surface area (Å²) in [5, 5.41) is 6.85. The normalized spacial score (nSPS) is 11.1. The van der Waals surface area contributed by atoms with Crippen LogP contribution in [0.5, 0.6) is 11.6 Å². The van der Waals surface area contributed by atoms with Gasteiger partial charge in [-0.15, -0.1) is 11.3 Å². The molecule has 5 rings (SSSR count). The molecule has 0 aliphatic heterocycles. The van der Waals surface area contributed by atoms with Crippen LogP contribution in [0.25, 0.3) is 32.9 Å². The van der Waals surface area contributed by atoms with Crippen molar-refractivity contribution in [2.45, 2.75) is 26.7 Å². The van der Waals surface area contributed by atoms with Gasteiger partial charge in [0.2, 0.25) is 0 Å². The maximum Gasteiger partial charge on any atom is 0.259 e. The average molecular weight is 501 g/mol. The lowest BCUT2D eigenvalue weighted by atomic mass is 9.98. The first-order valence-electron chi connectivity index (χ1n) is 11.4. The van der Waals surface area contributed by atoms with E-state index in [9.17, 15) is 4.79 Å². The number of ether oxygens (including phenoxy) is 2. The fourth-order valence-electron chi connectivity index (χ4n) is 4.12. The molecule has 8 nitrogen and oxygen atoms in total. The van der Waals surface area contributed by atoms with E-state index in [0.717, 1.165) is 27.3 Å². The predicted octanol–water partition coefficient (Wildman–Crippen LogP) is 5.86. The lowest BCUT2D eigenvalue weighted by molar-refractivity contribution is 0.0984. The second kappa shape index (κ2) is 9.87. The quantitative estimate of drug-likeness (QED) is 0.244. The number of ketones is 1. The number of hydrogen-bond acceptors (Lipinski definition) is 9. The van der Waals surface area contributed by atoms with Crippen molar-refractivity contribution in [3.8, 4) is 33.5 Å². The molecule has 0 atom stereocenters. The number of carbonyl (C=O) groups is 1. The van der Waals surface area contributed by atoms with Crippen LogP contribution in [-0.2, 0) is 6.42 Å². The molecule has 0 aromatic carbocycles. The summed E-state index contributed by atoms with van der Waals surface area (Å²) in [5.41, 5.74) is 5.56. The highest BCUT2D eigenvalue weighted by molar-refractivity contribution is 7.13. The van der Waals surface area contributed by atoms with Gasteiger partial charge in [-0.2, -0.15) is 0 Å². The number of pyridine rings is 3. The Kier molecular flexibility index (Phi) is 6.47. The van der Waals surface area contributed by atoms with Crippen LogP contribution < -0.4 is 9.47 Å². The first-order chi connectivity index (χ1) is 17.5. The van der Waals surface area contributed by atoms with Gasteiger partial charge in [0.1, 0.15) is 5.69 Å². The number of rotatable bonds is 8. The monoisotopic (exact) mass is 500 g/mol. The number of carbonyl (C=O) groups excluding carboxylic acids is 1. The van der Waals surface area contributed by atoms with E-state index in [4.69, 9.17) is 14.0 Å². The van der Waals surface area contributed by atoms with Gasteiger partial charge >= 0.3 is 0 Å². The van der Waals surface area contributed by atoms with Crippen molar-refractivity contribution in [3.05, 3.63) is 70.5 Å². The molecule has 0 aliphatic rings. The molecule has 36 heavy (non-hydrogen) atoms. The minimum absolute atomic E-state index is 0.0544. The summed E-state index contributed by atoms with van der Waals surface area (Å²) < 4.78 is 16.3. The van der Waals surface area contributed by atoms with E-state index in [2.05, 4.69) is 20.1 Å². The summed E-state index contributed by atoms with van der Waals surface area (Å²) in [6.45, 7) is 3.90. The molecule has 5 heterocycles. The second-order valence-electron chi connectivity index (χ2n) is 8.38. The lowest BCUT2D eigenvalue weighted by Crippen LogP contribution is -2.07. The third-order valence-electron chi connectivity index (χ3n) is 5.92. The van der Waals surface area contributed by atoms with E-state index >= 15 is 0 Å². The van der Waals surface area contributed by atoms with Gasteiger partial charge < -0.3 is 14.0 Å².